The predicted molar refractivity (Wildman–Crippen MR) is 75.9 cm³/mol. The fourth-order valence-electron chi connectivity index (χ4n) is 2.23. The SMILES string of the molecule is Cn1c(CNCCN2CCOCC2)cc(=O)n(C)c1=O. The van der Waals surface area contributed by atoms with Gasteiger partial charge < -0.3 is 10.1 Å². The van der Waals surface area contributed by atoms with Crippen molar-refractivity contribution in [2.45, 2.75) is 6.54 Å². The average molecular weight is 282 g/mol. The van der Waals surface area contributed by atoms with Gasteiger partial charge in [-0.25, -0.2) is 4.79 Å². The minimum atomic E-state index is -0.289. The van der Waals surface area contributed by atoms with E-state index < -0.39 is 0 Å². The van der Waals surface area contributed by atoms with Crippen molar-refractivity contribution in [1.29, 1.82) is 0 Å². The molecule has 0 bridgehead atoms. The van der Waals surface area contributed by atoms with E-state index in [-0.39, 0.29) is 11.2 Å². The molecule has 1 aromatic heterocycles. The highest BCUT2D eigenvalue weighted by molar-refractivity contribution is 5.01. The summed E-state index contributed by atoms with van der Waals surface area (Å²) in [6.45, 7) is 5.81. The van der Waals surface area contributed by atoms with Gasteiger partial charge >= 0.3 is 5.69 Å². The van der Waals surface area contributed by atoms with Crippen LogP contribution >= 0.6 is 0 Å². The molecule has 2 rings (SSSR count). The predicted octanol–water partition coefficient (Wildman–Crippen LogP) is -1.49. The summed E-state index contributed by atoms with van der Waals surface area (Å²) in [5.41, 5.74) is 0.153. The Balaban J connectivity index is 1.85. The Morgan fingerprint density at radius 2 is 1.90 bits per heavy atom. The molecule has 7 heteroatoms. The van der Waals surface area contributed by atoms with Gasteiger partial charge in [0.15, 0.2) is 0 Å². The largest absolute Gasteiger partial charge is 0.379 e. The van der Waals surface area contributed by atoms with Crippen molar-refractivity contribution in [2.24, 2.45) is 14.1 Å². The first kappa shape index (κ1) is 15.0. The van der Waals surface area contributed by atoms with E-state index in [2.05, 4.69) is 10.2 Å². The van der Waals surface area contributed by atoms with Crippen molar-refractivity contribution >= 4 is 0 Å². The smallest absolute Gasteiger partial charge is 0.330 e. The molecule has 0 amide bonds. The monoisotopic (exact) mass is 282 g/mol. The van der Waals surface area contributed by atoms with E-state index in [1.165, 1.54) is 17.7 Å². The lowest BCUT2D eigenvalue weighted by atomic mass is 10.3. The third-order valence-electron chi connectivity index (χ3n) is 3.64. The van der Waals surface area contributed by atoms with Gasteiger partial charge in [0.25, 0.3) is 5.56 Å². The average Bonchev–Trinajstić information content (AvgIpc) is 2.47. The van der Waals surface area contributed by atoms with Gasteiger partial charge in [0.2, 0.25) is 0 Å². The summed E-state index contributed by atoms with van der Waals surface area (Å²) in [5.74, 6) is 0. The van der Waals surface area contributed by atoms with Crippen LogP contribution in [0.1, 0.15) is 5.69 Å². The first-order valence-electron chi connectivity index (χ1n) is 6.86. The van der Waals surface area contributed by atoms with Crippen molar-refractivity contribution in [3.63, 3.8) is 0 Å². The Morgan fingerprint density at radius 3 is 2.60 bits per heavy atom. The minimum Gasteiger partial charge on any atom is -0.379 e. The molecule has 2 heterocycles. The summed E-state index contributed by atoms with van der Waals surface area (Å²) in [6.07, 6.45) is 0. The van der Waals surface area contributed by atoms with Gasteiger partial charge in [-0.05, 0) is 0 Å². The van der Waals surface area contributed by atoms with E-state index in [0.717, 1.165) is 44.0 Å². The van der Waals surface area contributed by atoms with Crippen LogP contribution in [-0.4, -0.2) is 53.4 Å². The molecular weight excluding hydrogens is 260 g/mol. The number of ether oxygens (including phenoxy) is 1. The summed E-state index contributed by atoms with van der Waals surface area (Å²) in [6, 6.07) is 1.50. The number of nitrogens with zero attached hydrogens (tertiary/aromatic N) is 3. The maximum absolute atomic E-state index is 11.8. The lowest BCUT2D eigenvalue weighted by molar-refractivity contribution is 0.0384. The molecule has 0 aromatic carbocycles. The van der Waals surface area contributed by atoms with E-state index in [0.29, 0.717) is 12.2 Å². The lowest BCUT2D eigenvalue weighted by Crippen LogP contribution is -2.41. The van der Waals surface area contributed by atoms with Crippen molar-refractivity contribution < 1.29 is 4.74 Å². The van der Waals surface area contributed by atoms with Crippen LogP contribution in [0.4, 0.5) is 0 Å². The maximum Gasteiger partial charge on any atom is 0.330 e. The molecule has 0 radical (unpaired) electrons. The molecule has 1 N–H and O–H groups in total. The van der Waals surface area contributed by atoms with Crippen LogP contribution in [0.25, 0.3) is 0 Å². The highest BCUT2D eigenvalue weighted by Crippen LogP contribution is 1.95. The van der Waals surface area contributed by atoms with Crippen molar-refractivity contribution in [3.8, 4) is 0 Å². The molecule has 1 aliphatic rings. The second kappa shape index (κ2) is 6.83. The zero-order valence-electron chi connectivity index (χ0n) is 12.1. The summed E-state index contributed by atoms with van der Waals surface area (Å²) in [5, 5.41) is 3.27. The summed E-state index contributed by atoms with van der Waals surface area (Å²) < 4.78 is 7.90. The van der Waals surface area contributed by atoms with Crippen molar-refractivity contribution in [3.05, 3.63) is 32.6 Å². The van der Waals surface area contributed by atoms with Gasteiger partial charge in [-0.3, -0.25) is 18.8 Å². The third kappa shape index (κ3) is 3.56. The van der Waals surface area contributed by atoms with Gasteiger partial charge in [-0.1, -0.05) is 0 Å². The van der Waals surface area contributed by atoms with Crippen molar-refractivity contribution in [2.75, 3.05) is 39.4 Å². The maximum atomic E-state index is 11.8. The van der Waals surface area contributed by atoms with Gasteiger partial charge in [0, 0.05) is 58.6 Å². The Labute approximate surface area is 117 Å². The fraction of sp³-hybridized carbons (Fsp3) is 0.692. The van der Waals surface area contributed by atoms with Gasteiger partial charge in [-0.2, -0.15) is 0 Å². The Kier molecular flexibility index (Phi) is 5.11. The van der Waals surface area contributed by atoms with Crippen LogP contribution in [-0.2, 0) is 25.4 Å². The van der Waals surface area contributed by atoms with E-state index >= 15 is 0 Å². The third-order valence-corrected chi connectivity index (χ3v) is 3.64. The van der Waals surface area contributed by atoms with Gasteiger partial charge in [-0.15, -0.1) is 0 Å². The van der Waals surface area contributed by atoms with Crippen LogP contribution in [0.5, 0.6) is 0 Å². The number of morpholine rings is 1. The summed E-state index contributed by atoms with van der Waals surface area (Å²) in [7, 11) is 3.17. The Hall–Kier alpha value is -1.44. The van der Waals surface area contributed by atoms with E-state index in [4.69, 9.17) is 4.74 Å². The number of hydrogen-bond donors (Lipinski definition) is 1. The molecule has 112 valence electrons. The molecule has 0 unspecified atom stereocenters. The van der Waals surface area contributed by atoms with Crippen LogP contribution in [0.15, 0.2) is 15.7 Å². The van der Waals surface area contributed by atoms with Crippen LogP contribution in [0.2, 0.25) is 0 Å². The number of nitrogens with one attached hydrogen (secondary N) is 1. The summed E-state index contributed by atoms with van der Waals surface area (Å²) in [4.78, 5) is 25.7. The molecule has 0 spiro atoms. The molecule has 1 fully saturated rings. The molecule has 1 aromatic rings. The minimum absolute atomic E-state index is 0.266. The van der Waals surface area contributed by atoms with Crippen molar-refractivity contribution in [1.82, 2.24) is 19.4 Å². The molecule has 0 atom stereocenters. The van der Waals surface area contributed by atoms with Gasteiger partial charge in [0.1, 0.15) is 0 Å². The normalized spacial score (nSPS) is 16.5. The highest BCUT2D eigenvalue weighted by Gasteiger charge is 2.09. The molecular formula is C13H22N4O3. The van der Waals surface area contributed by atoms with E-state index in [1.54, 1.807) is 7.05 Å². The quantitative estimate of drug-likeness (QED) is 0.666. The fourth-order valence-corrected chi connectivity index (χ4v) is 2.23. The molecule has 0 aliphatic carbocycles. The molecule has 7 nitrogen and oxygen atoms in total. The molecule has 1 aliphatic heterocycles. The Bertz CT molecular complexity index is 558. The molecule has 0 saturated carbocycles. The molecule has 1 saturated heterocycles. The lowest BCUT2D eigenvalue weighted by Gasteiger charge is -2.26. The topological polar surface area (TPSA) is 68.5 Å². The highest BCUT2D eigenvalue weighted by atomic mass is 16.5. The zero-order valence-corrected chi connectivity index (χ0v) is 12.1. The Morgan fingerprint density at radius 1 is 1.20 bits per heavy atom. The number of rotatable bonds is 5. The summed E-state index contributed by atoms with van der Waals surface area (Å²) >= 11 is 0. The van der Waals surface area contributed by atoms with Crippen LogP contribution in [0.3, 0.4) is 0 Å². The van der Waals surface area contributed by atoms with Crippen LogP contribution < -0.4 is 16.6 Å². The van der Waals surface area contributed by atoms with E-state index in [1.807, 2.05) is 0 Å². The number of hydrogen-bond acceptors (Lipinski definition) is 5. The standard InChI is InChI=1S/C13H22N4O3/c1-15-11(9-12(18)16(2)13(15)19)10-14-3-4-17-5-7-20-8-6-17/h9,14H,3-8,10H2,1-2H3. The second-order valence-electron chi connectivity index (χ2n) is 5.01. The molecule has 20 heavy (non-hydrogen) atoms. The first-order chi connectivity index (χ1) is 9.59. The first-order valence-corrected chi connectivity index (χ1v) is 6.86. The number of aromatic nitrogens is 2. The van der Waals surface area contributed by atoms with E-state index in [9.17, 15) is 9.59 Å². The van der Waals surface area contributed by atoms with Crippen LogP contribution in [0, 0.1) is 0 Å². The zero-order chi connectivity index (χ0) is 14.5. The second-order valence-corrected chi connectivity index (χ2v) is 5.01. The van der Waals surface area contributed by atoms with Gasteiger partial charge in [0.05, 0.1) is 13.2 Å².